The molecule has 0 unspecified atom stereocenters. The Kier molecular flexibility index (Phi) is 5.09. The number of hydrogen-bond acceptors (Lipinski definition) is 4. The summed E-state index contributed by atoms with van der Waals surface area (Å²) in [6, 6.07) is 10.8. The molecule has 0 bridgehead atoms. The van der Waals surface area contributed by atoms with Crippen molar-refractivity contribution in [2.24, 2.45) is 0 Å². The molecule has 0 aliphatic heterocycles. The molecule has 0 saturated carbocycles. The third-order valence-corrected chi connectivity index (χ3v) is 4.57. The van der Waals surface area contributed by atoms with E-state index in [0.717, 1.165) is 22.3 Å². The summed E-state index contributed by atoms with van der Waals surface area (Å²) >= 11 is 6.07. The normalized spacial score (nSPS) is 10.8. The molecule has 0 aliphatic rings. The minimum absolute atomic E-state index is 0.209. The van der Waals surface area contributed by atoms with E-state index >= 15 is 0 Å². The molecule has 6 heteroatoms. The minimum Gasteiger partial charge on any atom is -0.497 e. The lowest BCUT2D eigenvalue weighted by Gasteiger charge is -2.18. The summed E-state index contributed by atoms with van der Waals surface area (Å²) in [4.78, 5) is 14.5. The van der Waals surface area contributed by atoms with Crippen molar-refractivity contribution < 1.29 is 18.7 Å². The van der Waals surface area contributed by atoms with Crippen LogP contribution in [0.4, 0.5) is 0 Å². The van der Waals surface area contributed by atoms with Crippen LogP contribution in [0.3, 0.4) is 0 Å². The van der Waals surface area contributed by atoms with Gasteiger partial charge in [0.05, 0.1) is 14.2 Å². The third-order valence-electron chi connectivity index (χ3n) is 4.33. The van der Waals surface area contributed by atoms with Crippen LogP contribution >= 0.6 is 11.6 Å². The van der Waals surface area contributed by atoms with Gasteiger partial charge in [-0.2, -0.15) is 0 Å². The first-order valence-electron chi connectivity index (χ1n) is 8.09. The molecule has 0 fully saturated rings. The molecule has 0 aliphatic carbocycles. The van der Waals surface area contributed by atoms with E-state index in [-0.39, 0.29) is 5.91 Å². The summed E-state index contributed by atoms with van der Waals surface area (Å²) in [5, 5.41) is 1.45. The number of ether oxygens (including phenoxy) is 2. The second kappa shape index (κ2) is 7.30. The highest BCUT2D eigenvalue weighted by molar-refractivity contribution is 6.30. The summed E-state index contributed by atoms with van der Waals surface area (Å²) < 4.78 is 16.4. The number of fused-ring (bicyclic) bond motifs is 1. The Morgan fingerprint density at radius 3 is 2.62 bits per heavy atom. The zero-order chi connectivity index (χ0) is 18.8. The van der Waals surface area contributed by atoms with Gasteiger partial charge in [-0.05, 0) is 43.3 Å². The van der Waals surface area contributed by atoms with Crippen molar-refractivity contribution in [1.29, 1.82) is 0 Å². The molecule has 2 aromatic carbocycles. The van der Waals surface area contributed by atoms with Gasteiger partial charge in [-0.25, -0.2) is 0 Å². The Morgan fingerprint density at radius 2 is 1.92 bits per heavy atom. The van der Waals surface area contributed by atoms with Crippen molar-refractivity contribution >= 4 is 28.5 Å². The van der Waals surface area contributed by atoms with Crippen molar-refractivity contribution in [3.8, 4) is 11.5 Å². The first-order valence-corrected chi connectivity index (χ1v) is 8.47. The second-order valence-electron chi connectivity index (χ2n) is 6.04. The second-order valence-corrected chi connectivity index (χ2v) is 6.47. The molecule has 1 aromatic heterocycles. The van der Waals surface area contributed by atoms with Crippen molar-refractivity contribution in [3.63, 3.8) is 0 Å². The Hall–Kier alpha value is -2.66. The highest BCUT2D eigenvalue weighted by Crippen LogP contribution is 2.30. The number of halogens is 1. The summed E-state index contributed by atoms with van der Waals surface area (Å²) in [7, 11) is 4.91. The molecular weight excluding hydrogens is 354 g/mol. The quantitative estimate of drug-likeness (QED) is 0.651. The molecule has 0 N–H and O–H groups in total. The summed E-state index contributed by atoms with van der Waals surface area (Å²) in [5.74, 6) is 1.51. The predicted molar refractivity (Wildman–Crippen MR) is 101 cm³/mol. The van der Waals surface area contributed by atoms with Crippen LogP contribution < -0.4 is 9.47 Å². The van der Waals surface area contributed by atoms with E-state index in [1.807, 2.05) is 13.0 Å². The van der Waals surface area contributed by atoms with Crippen LogP contribution in [0.15, 0.2) is 40.8 Å². The standard InChI is InChI=1S/C20H20ClNO4/c1-12-16-10-15(24-3)6-8-18(16)26-19(12)20(23)22(2)11-13-9-14(21)5-7-17(13)25-4/h5-10H,11H2,1-4H3. The maximum Gasteiger partial charge on any atom is 0.289 e. The van der Waals surface area contributed by atoms with Crippen LogP contribution in [0.25, 0.3) is 11.0 Å². The van der Waals surface area contributed by atoms with Gasteiger partial charge in [-0.15, -0.1) is 0 Å². The lowest BCUT2D eigenvalue weighted by molar-refractivity contribution is 0.0754. The van der Waals surface area contributed by atoms with E-state index in [1.54, 1.807) is 56.5 Å². The van der Waals surface area contributed by atoms with Gasteiger partial charge in [-0.1, -0.05) is 11.6 Å². The lowest BCUT2D eigenvalue weighted by Crippen LogP contribution is -2.26. The highest BCUT2D eigenvalue weighted by Gasteiger charge is 2.22. The maximum absolute atomic E-state index is 12.9. The molecule has 136 valence electrons. The number of carbonyl (C=O) groups excluding carboxylic acids is 1. The largest absolute Gasteiger partial charge is 0.497 e. The predicted octanol–water partition coefficient (Wildman–Crippen LogP) is 4.68. The maximum atomic E-state index is 12.9. The summed E-state index contributed by atoms with van der Waals surface area (Å²) in [5.41, 5.74) is 2.26. The van der Waals surface area contributed by atoms with Crippen molar-refractivity contribution in [3.05, 3.63) is 58.3 Å². The number of carbonyl (C=O) groups is 1. The van der Waals surface area contributed by atoms with Gasteiger partial charge in [0, 0.05) is 35.1 Å². The van der Waals surface area contributed by atoms with Crippen LogP contribution in [0.2, 0.25) is 5.02 Å². The van der Waals surface area contributed by atoms with E-state index in [0.29, 0.717) is 28.7 Å². The smallest absolute Gasteiger partial charge is 0.289 e. The van der Waals surface area contributed by atoms with E-state index in [9.17, 15) is 4.79 Å². The summed E-state index contributed by atoms with van der Waals surface area (Å²) in [6.45, 7) is 2.22. The number of rotatable bonds is 5. The number of furan rings is 1. The topological polar surface area (TPSA) is 51.9 Å². The van der Waals surface area contributed by atoms with E-state index in [2.05, 4.69) is 0 Å². The first-order chi connectivity index (χ1) is 12.4. The average Bonchev–Trinajstić information content (AvgIpc) is 2.97. The molecule has 1 amide bonds. The van der Waals surface area contributed by atoms with Crippen molar-refractivity contribution in [2.45, 2.75) is 13.5 Å². The number of aryl methyl sites for hydroxylation is 1. The Bertz CT molecular complexity index is 964. The molecule has 0 radical (unpaired) electrons. The molecule has 26 heavy (non-hydrogen) atoms. The fourth-order valence-electron chi connectivity index (χ4n) is 2.90. The number of hydrogen-bond donors (Lipinski definition) is 0. The molecule has 1 heterocycles. The molecule has 5 nitrogen and oxygen atoms in total. The van der Waals surface area contributed by atoms with Gasteiger partial charge < -0.3 is 18.8 Å². The Balaban J connectivity index is 1.90. The molecule has 3 aromatic rings. The molecular formula is C20H20ClNO4. The lowest BCUT2D eigenvalue weighted by atomic mass is 10.1. The monoisotopic (exact) mass is 373 g/mol. The van der Waals surface area contributed by atoms with Crippen molar-refractivity contribution in [1.82, 2.24) is 4.90 Å². The zero-order valence-corrected chi connectivity index (χ0v) is 15.9. The summed E-state index contributed by atoms with van der Waals surface area (Å²) in [6.07, 6.45) is 0. The van der Waals surface area contributed by atoms with Gasteiger partial charge in [-0.3, -0.25) is 4.79 Å². The van der Waals surface area contributed by atoms with Gasteiger partial charge in [0.25, 0.3) is 5.91 Å². The number of benzene rings is 2. The van der Waals surface area contributed by atoms with Crippen LogP contribution in [-0.4, -0.2) is 32.1 Å². The Morgan fingerprint density at radius 1 is 1.15 bits per heavy atom. The van der Waals surface area contributed by atoms with E-state index in [4.69, 9.17) is 25.5 Å². The Labute approximate surface area is 157 Å². The molecule has 0 saturated heterocycles. The van der Waals surface area contributed by atoms with Crippen LogP contribution in [-0.2, 0) is 6.54 Å². The third kappa shape index (κ3) is 3.35. The fourth-order valence-corrected chi connectivity index (χ4v) is 3.10. The van der Waals surface area contributed by atoms with Gasteiger partial charge in [0.15, 0.2) is 5.76 Å². The van der Waals surface area contributed by atoms with E-state index < -0.39 is 0 Å². The fraction of sp³-hybridized carbons (Fsp3) is 0.250. The van der Waals surface area contributed by atoms with E-state index in [1.165, 1.54) is 0 Å². The molecule has 3 rings (SSSR count). The number of methoxy groups -OCH3 is 2. The molecule has 0 atom stereocenters. The average molecular weight is 374 g/mol. The van der Waals surface area contributed by atoms with Gasteiger partial charge in [0.2, 0.25) is 0 Å². The molecule has 0 spiro atoms. The number of nitrogens with zero attached hydrogens (tertiary/aromatic N) is 1. The zero-order valence-electron chi connectivity index (χ0n) is 15.1. The van der Waals surface area contributed by atoms with Crippen LogP contribution in [0.5, 0.6) is 11.5 Å². The first kappa shape index (κ1) is 18.1. The van der Waals surface area contributed by atoms with Crippen molar-refractivity contribution in [2.75, 3.05) is 21.3 Å². The minimum atomic E-state index is -0.209. The SMILES string of the molecule is COc1ccc2oc(C(=O)N(C)Cc3cc(Cl)ccc3OC)c(C)c2c1. The number of amides is 1. The van der Waals surface area contributed by atoms with Gasteiger partial charge in [0.1, 0.15) is 17.1 Å². The van der Waals surface area contributed by atoms with Crippen LogP contribution in [0, 0.1) is 6.92 Å². The highest BCUT2D eigenvalue weighted by atomic mass is 35.5. The van der Waals surface area contributed by atoms with Gasteiger partial charge >= 0.3 is 0 Å². The van der Waals surface area contributed by atoms with Crippen LogP contribution in [0.1, 0.15) is 21.7 Å².